The van der Waals surface area contributed by atoms with E-state index in [1.54, 1.807) is 12.1 Å². The minimum Gasteiger partial charge on any atom is -0.464 e. The van der Waals surface area contributed by atoms with E-state index in [4.69, 9.17) is 5.11 Å². The second-order valence-corrected chi connectivity index (χ2v) is 6.10. The average Bonchev–Trinajstić information content (AvgIpc) is 2.63. The molecule has 0 amide bonds. The fourth-order valence-corrected chi connectivity index (χ4v) is 2.57. The second kappa shape index (κ2) is 7.92. The molecule has 0 saturated carbocycles. The van der Waals surface area contributed by atoms with Crippen molar-refractivity contribution < 1.29 is 30.0 Å². The van der Waals surface area contributed by atoms with Gasteiger partial charge in [-0.1, -0.05) is 0 Å². The van der Waals surface area contributed by atoms with Crippen LogP contribution in [0.2, 0.25) is 0 Å². The predicted octanol–water partition coefficient (Wildman–Crippen LogP) is -1.13. The molecule has 142 valence electrons. The SMILES string of the molecule is COC(=O)c1nc2cc(C)c(C)cc2n(CC(O)C(O)C(O)CO)c1=O. The molecule has 9 heteroatoms. The zero-order chi connectivity index (χ0) is 19.6. The van der Waals surface area contributed by atoms with Gasteiger partial charge in [0.05, 0.1) is 31.3 Å². The maximum Gasteiger partial charge on any atom is 0.362 e. The number of aliphatic hydroxyl groups excluding tert-OH is 4. The van der Waals surface area contributed by atoms with Crippen molar-refractivity contribution in [2.45, 2.75) is 38.7 Å². The Morgan fingerprint density at radius 1 is 1.19 bits per heavy atom. The van der Waals surface area contributed by atoms with Gasteiger partial charge in [0, 0.05) is 0 Å². The molecule has 0 bridgehead atoms. The number of methoxy groups -OCH3 is 1. The summed E-state index contributed by atoms with van der Waals surface area (Å²) in [5.41, 5.74) is 1.21. The van der Waals surface area contributed by atoms with Crippen molar-refractivity contribution in [3.8, 4) is 0 Å². The maximum atomic E-state index is 12.7. The number of nitrogens with zero attached hydrogens (tertiary/aromatic N) is 2. The monoisotopic (exact) mass is 366 g/mol. The molecule has 2 rings (SSSR count). The lowest BCUT2D eigenvalue weighted by Crippen LogP contribution is -2.43. The van der Waals surface area contributed by atoms with Gasteiger partial charge >= 0.3 is 5.97 Å². The molecule has 0 aliphatic rings. The summed E-state index contributed by atoms with van der Waals surface area (Å²) in [6.07, 6.45) is -4.81. The van der Waals surface area contributed by atoms with E-state index in [1.165, 1.54) is 0 Å². The molecule has 4 N–H and O–H groups in total. The van der Waals surface area contributed by atoms with Crippen LogP contribution < -0.4 is 5.56 Å². The van der Waals surface area contributed by atoms with Crippen LogP contribution in [-0.4, -0.2) is 68.0 Å². The number of ether oxygens (including phenoxy) is 1. The molecule has 1 aromatic heterocycles. The van der Waals surface area contributed by atoms with Crippen LogP contribution in [0.5, 0.6) is 0 Å². The van der Waals surface area contributed by atoms with Crippen molar-refractivity contribution in [2.75, 3.05) is 13.7 Å². The lowest BCUT2D eigenvalue weighted by atomic mass is 10.1. The molecular formula is C17H22N2O7. The number of aromatic nitrogens is 2. The molecule has 26 heavy (non-hydrogen) atoms. The lowest BCUT2D eigenvalue weighted by Gasteiger charge is -2.23. The van der Waals surface area contributed by atoms with Gasteiger partial charge in [-0.3, -0.25) is 4.79 Å². The van der Waals surface area contributed by atoms with Crippen molar-refractivity contribution in [1.82, 2.24) is 9.55 Å². The summed E-state index contributed by atoms with van der Waals surface area (Å²) in [6, 6.07) is 3.38. The quantitative estimate of drug-likeness (QED) is 0.471. The minimum atomic E-state index is -1.68. The van der Waals surface area contributed by atoms with Crippen LogP contribution in [0.1, 0.15) is 21.6 Å². The van der Waals surface area contributed by atoms with Gasteiger partial charge in [0.25, 0.3) is 5.56 Å². The molecule has 0 aliphatic carbocycles. The van der Waals surface area contributed by atoms with Gasteiger partial charge in [0.2, 0.25) is 5.69 Å². The maximum absolute atomic E-state index is 12.7. The molecule has 1 heterocycles. The number of carbonyl (C=O) groups excluding carboxylic acids is 1. The summed E-state index contributed by atoms with van der Waals surface area (Å²) in [4.78, 5) is 28.6. The Morgan fingerprint density at radius 2 is 1.81 bits per heavy atom. The second-order valence-electron chi connectivity index (χ2n) is 6.10. The highest BCUT2D eigenvalue weighted by atomic mass is 16.5. The Labute approximate surface area is 149 Å². The van der Waals surface area contributed by atoms with Crippen LogP contribution in [-0.2, 0) is 11.3 Å². The zero-order valence-corrected chi connectivity index (χ0v) is 14.7. The highest BCUT2D eigenvalue weighted by Crippen LogP contribution is 2.18. The summed E-state index contributed by atoms with van der Waals surface area (Å²) in [6.45, 7) is 2.51. The first-order chi connectivity index (χ1) is 12.2. The van der Waals surface area contributed by atoms with Crippen molar-refractivity contribution in [1.29, 1.82) is 0 Å². The number of rotatable bonds is 6. The fourth-order valence-electron chi connectivity index (χ4n) is 2.57. The van der Waals surface area contributed by atoms with E-state index in [0.29, 0.717) is 11.0 Å². The molecule has 3 atom stereocenters. The smallest absolute Gasteiger partial charge is 0.362 e. The Hall–Kier alpha value is -2.33. The first kappa shape index (κ1) is 20.0. The number of benzene rings is 1. The number of carbonyl (C=O) groups is 1. The molecule has 0 saturated heterocycles. The van der Waals surface area contributed by atoms with Crippen LogP contribution >= 0.6 is 0 Å². The largest absolute Gasteiger partial charge is 0.464 e. The molecule has 0 fully saturated rings. The Bertz CT molecular complexity index is 878. The van der Waals surface area contributed by atoms with Gasteiger partial charge in [-0.2, -0.15) is 0 Å². The van der Waals surface area contributed by atoms with Crippen molar-refractivity contribution in [2.24, 2.45) is 0 Å². The van der Waals surface area contributed by atoms with E-state index >= 15 is 0 Å². The van der Waals surface area contributed by atoms with Gasteiger partial charge in [-0.15, -0.1) is 0 Å². The fraction of sp³-hybridized carbons (Fsp3) is 0.471. The number of hydrogen-bond acceptors (Lipinski definition) is 8. The van der Waals surface area contributed by atoms with Crippen LogP contribution in [0.4, 0.5) is 0 Å². The third-order valence-corrected chi connectivity index (χ3v) is 4.29. The molecule has 0 spiro atoms. The summed E-state index contributed by atoms with van der Waals surface area (Å²) in [5.74, 6) is -0.922. The third-order valence-electron chi connectivity index (χ3n) is 4.29. The number of aliphatic hydroxyl groups is 4. The normalized spacial score (nSPS) is 14.9. The summed E-state index contributed by atoms with van der Waals surface area (Å²) < 4.78 is 5.68. The average molecular weight is 366 g/mol. The molecular weight excluding hydrogens is 344 g/mol. The Kier molecular flexibility index (Phi) is 6.09. The number of hydrogen-bond donors (Lipinski definition) is 4. The van der Waals surface area contributed by atoms with Gasteiger partial charge < -0.3 is 29.7 Å². The number of aryl methyl sites for hydroxylation is 2. The summed E-state index contributed by atoms with van der Waals surface area (Å²) in [7, 11) is 1.12. The predicted molar refractivity (Wildman–Crippen MR) is 91.9 cm³/mol. The summed E-state index contributed by atoms with van der Waals surface area (Å²) >= 11 is 0. The van der Waals surface area contributed by atoms with Crippen molar-refractivity contribution in [3.05, 3.63) is 39.3 Å². The lowest BCUT2D eigenvalue weighted by molar-refractivity contribution is -0.0805. The van der Waals surface area contributed by atoms with E-state index in [2.05, 4.69) is 9.72 Å². The topological polar surface area (TPSA) is 142 Å². The first-order valence-corrected chi connectivity index (χ1v) is 7.96. The molecule has 0 radical (unpaired) electrons. The highest BCUT2D eigenvalue weighted by Gasteiger charge is 2.27. The van der Waals surface area contributed by atoms with E-state index < -0.39 is 48.7 Å². The van der Waals surface area contributed by atoms with Crippen molar-refractivity contribution >= 4 is 17.0 Å². The van der Waals surface area contributed by atoms with E-state index in [1.807, 2.05) is 13.8 Å². The van der Waals surface area contributed by atoms with Gasteiger partial charge in [-0.05, 0) is 37.1 Å². The number of esters is 1. The van der Waals surface area contributed by atoms with Crippen LogP contribution in [0, 0.1) is 13.8 Å². The minimum absolute atomic E-state index is 0.345. The molecule has 0 aliphatic heterocycles. The first-order valence-electron chi connectivity index (χ1n) is 7.96. The highest BCUT2D eigenvalue weighted by molar-refractivity contribution is 5.89. The van der Waals surface area contributed by atoms with Crippen molar-refractivity contribution in [3.63, 3.8) is 0 Å². The molecule has 2 aromatic rings. The Balaban J connectivity index is 2.65. The van der Waals surface area contributed by atoms with Crippen LogP contribution in [0.25, 0.3) is 11.0 Å². The van der Waals surface area contributed by atoms with E-state index in [0.717, 1.165) is 22.8 Å². The van der Waals surface area contributed by atoms with Gasteiger partial charge in [0.1, 0.15) is 18.3 Å². The van der Waals surface area contributed by atoms with Gasteiger partial charge in [0.15, 0.2) is 0 Å². The van der Waals surface area contributed by atoms with E-state index in [9.17, 15) is 24.9 Å². The number of fused-ring (bicyclic) bond motifs is 1. The Morgan fingerprint density at radius 3 is 2.38 bits per heavy atom. The zero-order valence-electron chi connectivity index (χ0n) is 14.7. The molecule has 9 nitrogen and oxygen atoms in total. The summed E-state index contributed by atoms with van der Waals surface area (Å²) in [5, 5.41) is 38.4. The standard InChI is InChI=1S/C17H22N2O7/c1-8-4-10-11(5-9(8)2)19(6-12(21)15(23)13(22)7-20)16(24)14(18-10)17(25)26-3/h4-5,12-13,15,20-23H,6-7H2,1-3H3. The third kappa shape index (κ3) is 3.75. The molecule has 1 aromatic carbocycles. The van der Waals surface area contributed by atoms with Crippen LogP contribution in [0.15, 0.2) is 16.9 Å². The molecule has 3 unspecified atom stereocenters. The van der Waals surface area contributed by atoms with E-state index in [-0.39, 0.29) is 0 Å². The van der Waals surface area contributed by atoms with Crippen LogP contribution in [0.3, 0.4) is 0 Å². The van der Waals surface area contributed by atoms with Gasteiger partial charge in [-0.25, -0.2) is 9.78 Å².